The molecule has 0 radical (unpaired) electrons. The zero-order chi connectivity index (χ0) is 22.6. The van der Waals surface area contributed by atoms with Crippen LogP contribution in [-0.4, -0.2) is 27.2 Å². The van der Waals surface area contributed by atoms with Crippen LogP contribution in [-0.2, 0) is 31.0 Å². The lowest BCUT2D eigenvalue weighted by atomic mass is 10.1. The molecule has 3 aromatic carbocycles. The molecule has 0 amide bonds. The lowest BCUT2D eigenvalue weighted by Crippen LogP contribution is -2.36. The molecule has 0 atom stereocenters. The summed E-state index contributed by atoms with van der Waals surface area (Å²) >= 11 is 0. The molecule has 3 aromatic rings. The summed E-state index contributed by atoms with van der Waals surface area (Å²) in [6.45, 7) is 2.37. The maximum absolute atomic E-state index is 5.93. The fourth-order valence-electron chi connectivity index (χ4n) is 3.30. The topological polar surface area (TPSA) is 64.1 Å². The van der Waals surface area contributed by atoms with Gasteiger partial charge >= 0.3 is 0 Å². The van der Waals surface area contributed by atoms with Crippen molar-refractivity contribution in [3.63, 3.8) is 0 Å². The Morgan fingerprint density at radius 2 is 1.44 bits per heavy atom. The monoisotopic (exact) mass is 433 g/mol. The summed E-state index contributed by atoms with van der Waals surface area (Å²) in [5, 5.41) is 6.72. The Labute approximate surface area is 190 Å². The Kier molecular flexibility index (Phi) is 8.95. The molecule has 0 aliphatic carbocycles. The molecular weight excluding hydrogens is 402 g/mol. The lowest BCUT2D eigenvalue weighted by molar-refractivity contribution is 0.106. The highest BCUT2D eigenvalue weighted by atomic mass is 16.5. The smallest absolute Gasteiger partial charge is 0.191 e. The third-order valence-corrected chi connectivity index (χ3v) is 5.10. The van der Waals surface area contributed by atoms with Crippen molar-refractivity contribution < 1.29 is 14.2 Å². The second kappa shape index (κ2) is 12.4. The number of hydrogen-bond donors (Lipinski definition) is 2. The first-order valence-corrected chi connectivity index (χ1v) is 10.6. The second-order valence-corrected chi connectivity index (χ2v) is 7.20. The Morgan fingerprint density at radius 3 is 2.12 bits per heavy atom. The van der Waals surface area contributed by atoms with E-state index in [1.165, 1.54) is 11.1 Å². The number of nitrogens with one attached hydrogen (secondary N) is 2. The van der Waals surface area contributed by atoms with Crippen molar-refractivity contribution in [2.45, 2.75) is 26.3 Å². The number of aliphatic imine (C=N–C) groups is 1. The van der Waals surface area contributed by atoms with Crippen LogP contribution in [0.3, 0.4) is 0 Å². The number of hydrogen-bond acceptors (Lipinski definition) is 4. The van der Waals surface area contributed by atoms with E-state index in [9.17, 15) is 0 Å². The van der Waals surface area contributed by atoms with E-state index in [0.717, 1.165) is 22.6 Å². The minimum atomic E-state index is 0.557. The van der Waals surface area contributed by atoms with E-state index in [1.807, 2.05) is 48.5 Å². The zero-order valence-corrected chi connectivity index (χ0v) is 18.9. The van der Waals surface area contributed by atoms with Gasteiger partial charge in [0.25, 0.3) is 0 Å². The van der Waals surface area contributed by atoms with Crippen LogP contribution in [0.4, 0.5) is 0 Å². The molecule has 0 saturated carbocycles. The van der Waals surface area contributed by atoms with Gasteiger partial charge in [-0.2, -0.15) is 0 Å². The lowest BCUT2D eigenvalue weighted by Gasteiger charge is -2.16. The number of rotatable bonds is 10. The maximum atomic E-state index is 5.93. The Morgan fingerprint density at radius 1 is 0.750 bits per heavy atom. The number of nitrogens with zero attached hydrogens (tertiary/aromatic N) is 1. The molecule has 0 bridgehead atoms. The van der Waals surface area contributed by atoms with Crippen LogP contribution in [0.1, 0.15) is 22.3 Å². The Bertz CT molecular complexity index is 1010. The average molecular weight is 434 g/mol. The molecule has 0 aromatic heterocycles. The van der Waals surface area contributed by atoms with E-state index in [-0.39, 0.29) is 0 Å². The highest BCUT2D eigenvalue weighted by molar-refractivity contribution is 5.79. The Hall–Kier alpha value is -3.51. The predicted octanol–water partition coefficient (Wildman–Crippen LogP) is 4.29. The molecule has 0 saturated heterocycles. The minimum absolute atomic E-state index is 0.557. The molecule has 6 heteroatoms. The van der Waals surface area contributed by atoms with Crippen molar-refractivity contribution in [3.8, 4) is 11.5 Å². The molecule has 0 unspecified atom stereocenters. The summed E-state index contributed by atoms with van der Waals surface area (Å²) in [4.78, 5) is 4.34. The molecule has 0 spiro atoms. The van der Waals surface area contributed by atoms with Crippen molar-refractivity contribution in [2.75, 3.05) is 21.3 Å². The summed E-state index contributed by atoms with van der Waals surface area (Å²) in [7, 11) is 5.06. The molecule has 6 nitrogen and oxygen atoms in total. The average Bonchev–Trinajstić information content (AvgIpc) is 2.85. The predicted molar refractivity (Wildman–Crippen MR) is 128 cm³/mol. The van der Waals surface area contributed by atoms with Gasteiger partial charge in [0.2, 0.25) is 0 Å². The third-order valence-electron chi connectivity index (χ3n) is 5.10. The highest BCUT2D eigenvalue weighted by Gasteiger charge is 2.08. The van der Waals surface area contributed by atoms with Gasteiger partial charge in [-0.05, 0) is 28.8 Å². The number of guanidine groups is 1. The van der Waals surface area contributed by atoms with Crippen LogP contribution in [0, 0.1) is 0 Å². The third kappa shape index (κ3) is 6.75. The van der Waals surface area contributed by atoms with Crippen LogP contribution >= 0.6 is 0 Å². The fourth-order valence-corrected chi connectivity index (χ4v) is 3.30. The van der Waals surface area contributed by atoms with Crippen LogP contribution in [0.25, 0.3) is 0 Å². The molecule has 2 N–H and O–H groups in total. The Balaban J connectivity index is 1.54. The van der Waals surface area contributed by atoms with E-state index in [2.05, 4.69) is 39.9 Å². The van der Waals surface area contributed by atoms with E-state index in [0.29, 0.717) is 32.3 Å². The molecule has 0 aliphatic heterocycles. The summed E-state index contributed by atoms with van der Waals surface area (Å²) in [5.41, 5.74) is 4.52. The SMILES string of the molecule is CN=C(NCc1ccccc1COCc1ccccc1)NCc1ccc(OC)cc1OC. The minimum Gasteiger partial charge on any atom is -0.497 e. The molecule has 0 heterocycles. The van der Waals surface area contributed by atoms with E-state index < -0.39 is 0 Å². The second-order valence-electron chi connectivity index (χ2n) is 7.20. The van der Waals surface area contributed by atoms with Gasteiger partial charge in [0.1, 0.15) is 11.5 Å². The zero-order valence-electron chi connectivity index (χ0n) is 18.9. The largest absolute Gasteiger partial charge is 0.497 e. The van der Waals surface area contributed by atoms with Crippen LogP contribution in [0.2, 0.25) is 0 Å². The van der Waals surface area contributed by atoms with Gasteiger partial charge in [-0.3, -0.25) is 4.99 Å². The van der Waals surface area contributed by atoms with Crippen molar-refractivity contribution >= 4 is 5.96 Å². The quantitative estimate of drug-likeness (QED) is 0.369. The first-order valence-electron chi connectivity index (χ1n) is 10.6. The van der Waals surface area contributed by atoms with Gasteiger partial charge in [0.05, 0.1) is 27.4 Å². The van der Waals surface area contributed by atoms with Crippen LogP contribution < -0.4 is 20.1 Å². The fraction of sp³-hybridized carbons (Fsp3) is 0.269. The van der Waals surface area contributed by atoms with E-state index in [1.54, 1.807) is 21.3 Å². The van der Waals surface area contributed by atoms with Crippen LogP contribution in [0.5, 0.6) is 11.5 Å². The molecule has 0 aliphatic rings. The van der Waals surface area contributed by atoms with Gasteiger partial charge in [0, 0.05) is 31.8 Å². The maximum Gasteiger partial charge on any atom is 0.191 e. The standard InChI is InChI=1S/C26H31N3O3/c1-27-26(29-17-22-13-14-24(30-2)15-25(22)31-3)28-16-21-11-7-8-12-23(21)19-32-18-20-9-5-4-6-10-20/h4-15H,16-19H2,1-3H3,(H2,27,28,29). The number of benzene rings is 3. The molecular formula is C26H31N3O3. The van der Waals surface area contributed by atoms with Gasteiger partial charge in [-0.25, -0.2) is 0 Å². The van der Waals surface area contributed by atoms with Crippen molar-refractivity contribution in [2.24, 2.45) is 4.99 Å². The van der Waals surface area contributed by atoms with Crippen molar-refractivity contribution in [1.82, 2.24) is 10.6 Å². The van der Waals surface area contributed by atoms with Crippen LogP contribution in [0.15, 0.2) is 77.8 Å². The summed E-state index contributed by atoms with van der Waals surface area (Å²) in [6, 6.07) is 24.3. The number of methoxy groups -OCH3 is 2. The van der Waals surface area contributed by atoms with Gasteiger partial charge < -0.3 is 24.8 Å². The summed E-state index contributed by atoms with van der Waals surface area (Å²) < 4.78 is 16.7. The molecule has 0 fully saturated rings. The summed E-state index contributed by atoms with van der Waals surface area (Å²) in [6.07, 6.45) is 0. The van der Waals surface area contributed by atoms with E-state index >= 15 is 0 Å². The van der Waals surface area contributed by atoms with Crippen molar-refractivity contribution in [3.05, 3.63) is 95.1 Å². The van der Waals surface area contributed by atoms with Gasteiger partial charge in [-0.15, -0.1) is 0 Å². The van der Waals surface area contributed by atoms with Gasteiger partial charge in [0.15, 0.2) is 5.96 Å². The van der Waals surface area contributed by atoms with E-state index in [4.69, 9.17) is 14.2 Å². The molecule has 3 rings (SSSR count). The first-order chi connectivity index (χ1) is 15.7. The molecule has 32 heavy (non-hydrogen) atoms. The number of ether oxygens (including phenoxy) is 3. The first kappa shape index (κ1) is 23.2. The normalized spacial score (nSPS) is 11.2. The van der Waals surface area contributed by atoms with Crippen molar-refractivity contribution in [1.29, 1.82) is 0 Å². The van der Waals surface area contributed by atoms with Gasteiger partial charge in [-0.1, -0.05) is 54.6 Å². The highest BCUT2D eigenvalue weighted by Crippen LogP contribution is 2.24. The molecule has 168 valence electrons. The summed E-state index contributed by atoms with van der Waals surface area (Å²) in [5.74, 6) is 2.25.